The number of halogens is 1. The van der Waals surface area contributed by atoms with Gasteiger partial charge in [0, 0.05) is 5.56 Å². The van der Waals surface area contributed by atoms with E-state index in [0.29, 0.717) is 21.5 Å². The van der Waals surface area contributed by atoms with Crippen molar-refractivity contribution in [3.8, 4) is 16.5 Å². The summed E-state index contributed by atoms with van der Waals surface area (Å²) in [6, 6.07) is 1.65. The fraction of sp³-hybridized carbons (Fsp3) is 0.438. The number of rotatable bonds is 4. The quantitative estimate of drug-likeness (QED) is 0.760. The average Bonchev–Trinajstić information content (AvgIpc) is 2.91. The maximum atomic E-state index is 11.1. The predicted octanol–water partition coefficient (Wildman–Crippen LogP) is 4.69. The minimum atomic E-state index is 0.245. The third-order valence-corrected chi connectivity index (χ3v) is 5.12. The van der Waals surface area contributed by atoms with Crippen molar-refractivity contribution in [2.24, 2.45) is 0 Å². The van der Waals surface area contributed by atoms with Crippen molar-refractivity contribution in [3.05, 3.63) is 27.9 Å². The van der Waals surface area contributed by atoms with Gasteiger partial charge in [-0.15, -0.1) is 11.3 Å². The van der Waals surface area contributed by atoms with Crippen LogP contribution in [0.25, 0.3) is 10.6 Å². The van der Waals surface area contributed by atoms with Crippen LogP contribution in [0.3, 0.4) is 0 Å². The van der Waals surface area contributed by atoms with E-state index in [1.54, 1.807) is 12.3 Å². The zero-order valence-electron chi connectivity index (χ0n) is 12.3. The molecule has 22 heavy (non-hydrogen) atoms. The Bertz CT molecular complexity index is 681. The van der Waals surface area contributed by atoms with Crippen molar-refractivity contribution < 1.29 is 9.53 Å². The molecule has 0 radical (unpaired) electrons. The highest BCUT2D eigenvalue weighted by Gasteiger charge is 2.18. The van der Waals surface area contributed by atoms with Gasteiger partial charge in [-0.05, 0) is 38.7 Å². The van der Waals surface area contributed by atoms with Gasteiger partial charge in [0.15, 0.2) is 6.29 Å². The van der Waals surface area contributed by atoms with E-state index in [0.717, 1.165) is 29.7 Å². The maximum absolute atomic E-state index is 11.1. The monoisotopic (exact) mass is 336 g/mol. The predicted molar refractivity (Wildman–Crippen MR) is 88.0 cm³/mol. The minimum Gasteiger partial charge on any atom is -0.473 e. The SMILES string of the molecule is Cc1nc(-c2sc(Cl)cc2C=O)cnc1OC1CCCCC1. The number of carbonyl (C=O) groups is 1. The standard InChI is InChI=1S/C16H17ClN2O2S/c1-10-16(21-12-5-3-2-4-6-12)18-8-13(19-10)15-11(9-20)7-14(17)22-15/h7-9,12H,2-6H2,1H3. The highest BCUT2D eigenvalue weighted by atomic mass is 35.5. The van der Waals surface area contributed by atoms with Crippen LogP contribution in [0.2, 0.25) is 4.34 Å². The number of aldehydes is 1. The van der Waals surface area contributed by atoms with E-state index in [1.807, 2.05) is 6.92 Å². The molecule has 1 aliphatic rings. The normalized spacial score (nSPS) is 15.7. The van der Waals surface area contributed by atoms with Crippen molar-refractivity contribution >= 4 is 29.2 Å². The van der Waals surface area contributed by atoms with Crippen molar-refractivity contribution in [3.63, 3.8) is 0 Å². The second-order valence-corrected chi connectivity index (χ2v) is 7.16. The molecule has 6 heteroatoms. The summed E-state index contributed by atoms with van der Waals surface area (Å²) < 4.78 is 6.54. The molecule has 0 bridgehead atoms. The molecule has 2 aromatic heterocycles. The number of nitrogens with zero attached hydrogens (tertiary/aromatic N) is 2. The van der Waals surface area contributed by atoms with Gasteiger partial charge < -0.3 is 4.74 Å². The summed E-state index contributed by atoms with van der Waals surface area (Å²) in [6.07, 6.45) is 8.57. The fourth-order valence-corrected chi connectivity index (χ4v) is 3.86. The van der Waals surface area contributed by atoms with Crippen LogP contribution >= 0.6 is 22.9 Å². The van der Waals surface area contributed by atoms with Crippen molar-refractivity contribution in [2.75, 3.05) is 0 Å². The van der Waals surface area contributed by atoms with Gasteiger partial charge in [-0.2, -0.15) is 0 Å². The van der Waals surface area contributed by atoms with E-state index >= 15 is 0 Å². The van der Waals surface area contributed by atoms with E-state index in [9.17, 15) is 4.79 Å². The molecule has 3 rings (SSSR count). The molecule has 0 saturated heterocycles. The Kier molecular flexibility index (Phi) is 4.74. The summed E-state index contributed by atoms with van der Waals surface area (Å²) in [7, 11) is 0. The zero-order chi connectivity index (χ0) is 15.5. The van der Waals surface area contributed by atoms with Crippen LogP contribution < -0.4 is 4.74 Å². The van der Waals surface area contributed by atoms with Gasteiger partial charge in [-0.25, -0.2) is 9.97 Å². The van der Waals surface area contributed by atoms with Crippen LogP contribution in [0.4, 0.5) is 0 Å². The molecule has 116 valence electrons. The molecule has 4 nitrogen and oxygen atoms in total. The first kappa shape index (κ1) is 15.4. The lowest BCUT2D eigenvalue weighted by Crippen LogP contribution is -2.20. The summed E-state index contributed by atoms with van der Waals surface area (Å²) in [4.78, 5) is 20.8. The van der Waals surface area contributed by atoms with Gasteiger partial charge >= 0.3 is 0 Å². The number of ether oxygens (including phenoxy) is 1. The molecule has 0 amide bonds. The third-order valence-electron chi connectivity index (χ3n) is 3.82. The molecule has 1 fully saturated rings. The van der Waals surface area contributed by atoms with E-state index in [2.05, 4.69) is 9.97 Å². The number of carbonyl (C=O) groups excluding carboxylic acids is 1. The Balaban J connectivity index is 1.83. The fourth-order valence-electron chi connectivity index (χ4n) is 2.70. The molecule has 1 aliphatic carbocycles. The second-order valence-electron chi connectivity index (χ2n) is 5.48. The molecule has 0 aromatic carbocycles. The summed E-state index contributed by atoms with van der Waals surface area (Å²) in [6.45, 7) is 1.88. The average molecular weight is 337 g/mol. The lowest BCUT2D eigenvalue weighted by Gasteiger charge is -2.22. The van der Waals surface area contributed by atoms with Crippen LogP contribution in [0.15, 0.2) is 12.3 Å². The molecule has 0 N–H and O–H groups in total. The molecule has 0 atom stereocenters. The van der Waals surface area contributed by atoms with Gasteiger partial charge in [0.2, 0.25) is 5.88 Å². The zero-order valence-corrected chi connectivity index (χ0v) is 13.9. The molecule has 0 aliphatic heterocycles. The van der Waals surface area contributed by atoms with Crippen molar-refractivity contribution in [1.29, 1.82) is 0 Å². The number of thiophene rings is 1. The Morgan fingerprint density at radius 1 is 1.36 bits per heavy atom. The number of hydrogen-bond donors (Lipinski definition) is 0. The summed E-state index contributed by atoms with van der Waals surface area (Å²) >= 11 is 7.31. The Hall–Kier alpha value is -1.46. The molecule has 2 heterocycles. The van der Waals surface area contributed by atoms with Crippen LogP contribution in [-0.4, -0.2) is 22.4 Å². The summed E-state index contributed by atoms with van der Waals surface area (Å²) in [5.41, 5.74) is 1.95. The van der Waals surface area contributed by atoms with Crippen LogP contribution in [0.5, 0.6) is 5.88 Å². The molecular weight excluding hydrogens is 320 g/mol. The maximum Gasteiger partial charge on any atom is 0.235 e. The van der Waals surface area contributed by atoms with E-state index in [-0.39, 0.29) is 6.10 Å². The Morgan fingerprint density at radius 2 is 2.14 bits per heavy atom. The minimum absolute atomic E-state index is 0.245. The van der Waals surface area contributed by atoms with Crippen molar-refractivity contribution in [2.45, 2.75) is 45.1 Å². The van der Waals surface area contributed by atoms with Crippen LogP contribution in [0.1, 0.15) is 48.2 Å². The van der Waals surface area contributed by atoms with Crippen LogP contribution in [0, 0.1) is 6.92 Å². The molecule has 0 spiro atoms. The highest BCUT2D eigenvalue weighted by molar-refractivity contribution is 7.19. The molecule has 0 unspecified atom stereocenters. The first-order valence-corrected chi connectivity index (χ1v) is 8.62. The lowest BCUT2D eigenvalue weighted by atomic mass is 9.98. The van der Waals surface area contributed by atoms with Gasteiger partial charge in [0.1, 0.15) is 11.8 Å². The summed E-state index contributed by atoms with van der Waals surface area (Å²) in [5, 5.41) is 0. The topological polar surface area (TPSA) is 52.1 Å². The number of aromatic nitrogens is 2. The van der Waals surface area contributed by atoms with Crippen molar-refractivity contribution in [1.82, 2.24) is 9.97 Å². The van der Waals surface area contributed by atoms with E-state index < -0.39 is 0 Å². The smallest absolute Gasteiger partial charge is 0.235 e. The Morgan fingerprint density at radius 3 is 2.82 bits per heavy atom. The summed E-state index contributed by atoms with van der Waals surface area (Å²) in [5.74, 6) is 0.589. The van der Waals surface area contributed by atoms with Gasteiger partial charge in [0.05, 0.1) is 21.1 Å². The van der Waals surface area contributed by atoms with Gasteiger partial charge in [-0.3, -0.25) is 4.79 Å². The first-order chi connectivity index (χ1) is 10.7. The van der Waals surface area contributed by atoms with Gasteiger partial charge in [0.25, 0.3) is 0 Å². The largest absolute Gasteiger partial charge is 0.473 e. The van der Waals surface area contributed by atoms with Crippen LogP contribution in [-0.2, 0) is 0 Å². The Labute approximate surface area is 138 Å². The number of hydrogen-bond acceptors (Lipinski definition) is 5. The molecular formula is C16H17ClN2O2S. The lowest BCUT2D eigenvalue weighted by molar-refractivity contribution is 0.112. The van der Waals surface area contributed by atoms with E-state index in [1.165, 1.54) is 30.6 Å². The third kappa shape index (κ3) is 3.31. The second kappa shape index (κ2) is 6.75. The highest BCUT2D eigenvalue weighted by Crippen LogP contribution is 2.34. The van der Waals surface area contributed by atoms with E-state index in [4.69, 9.17) is 16.3 Å². The first-order valence-electron chi connectivity index (χ1n) is 7.42. The number of aryl methyl sites for hydroxylation is 1. The van der Waals surface area contributed by atoms with Gasteiger partial charge in [-0.1, -0.05) is 18.0 Å². The molecule has 2 aromatic rings. The molecule has 1 saturated carbocycles.